The molecule has 1 N–H and O–H groups in total. The molecular weight excluding hydrogens is 286 g/mol. The molecule has 1 fully saturated rings. The second-order valence-electron chi connectivity index (χ2n) is 6.45. The Hall–Kier alpha value is -1.62. The number of hydrogen-bond donors (Lipinski definition) is 1. The number of furan rings is 1. The van der Waals surface area contributed by atoms with E-state index in [-0.39, 0.29) is 0 Å². The summed E-state index contributed by atoms with van der Waals surface area (Å²) in [5.74, 6) is 1.93. The molecule has 0 aliphatic carbocycles. The molecule has 3 rings (SSSR count). The van der Waals surface area contributed by atoms with Gasteiger partial charge in [-0.05, 0) is 26.1 Å². The van der Waals surface area contributed by atoms with Crippen molar-refractivity contribution < 1.29 is 4.42 Å². The van der Waals surface area contributed by atoms with Crippen molar-refractivity contribution in [3.05, 3.63) is 48.2 Å². The van der Waals surface area contributed by atoms with Crippen LogP contribution in [0.4, 0.5) is 0 Å². The summed E-state index contributed by atoms with van der Waals surface area (Å²) in [6.07, 6.45) is 0. The zero-order valence-electron chi connectivity index (χ0n) is 14.2. The number of piperazine rings is 1. The normalized spacial score (nSPS) is 18.2. The molecule has 23 heavy (non-hydrogen) atoms. The topological polar surface area (TPSA) is 31.7 Å². The Bertz CT molecular complexity index is 588. The first-order chi connectivity index (χ1) is 11.2. The van der Waals surface area contributed by atoms with Crippen LogP contribution in [-0.4, -0.2) is 55.6 Å². The summed E-state index contributed by atoms with van der Waals surface area (Å²) < 4.78 is 5.93. The van der Waals surface area contributed by atoms with E-state index in [9.17, 15) is 0 Å². The molecule has 1 saturated heterocycles. The lowest BCUT2D eigenvalue weighted by Crippen LogP contribution is -2.50. The van der Waals surface area contributed by atoms with Gasteiger partial charge in [-0.2, -0.15) is 0 Å². The van der Waals surface area contributed by atoms with E-state index in [1.807, 2.05) is 18.2 Å². The van der Waals surface area contributed by atoms with Gasteiger partial charge in [-0.1, -0.05) is 30.3 Å². The van der Waals surface area contributed by atoms with Gasteiger partial charge in [0.05, 0.1) is 6.54 Å². The van der Waals surface area contributed by atoms with Gasteiger partial charge < -0.3 is 14.6 Å². The zero-order chi connectivity index (χ0) is 16.1. The van der Waals surface area contributed by atoms with Crippen LogP contribution in [0.5, 0.6) is 0 Å². The Balaban J connectivity index is 1.45. The highest BCUT2D eigenvalue weighted by molar-refractivity contribution is 5.57. The Morgan fingerprint density at radius 1 is 1.04 bits per heavy atom. The van der Waals surface area contributed by atoms with Crippen molar-refractivity contribution >= 4 is 0 Å². The number of hydrogen-bond acceptors (Lipinski definition) is 4. The molecule has 1 aliphatic heterocycles. The molecule has 1 aromatic heterocycles. The summed E-state index contributed by atoms with van der Waals surface area (Å²) in [5, 5.41) is 3.53. The third-order valence-corrected chi connectivity index (χ3v) is 4.62. The molecule has 0 bridgehead atoms. The minimum absolute atomic E-state index is 0.562. The molecule has 0 spiro atoms. The molecule has 0 radical (unpaired) electrons. The maximum absolute atomic E-state index is 5.93. The SMILES string of the molecule is CC(CNCc1ccc(-c2ccccc2)o1)N1CCN(C)CC1. The second kappa shape index (κ2) is 7.77. The molecule has 0 saturated carbocycles. The van der Waals surface area contributed by atoms with Gasteiger partial charge in [-0.25, -0.2) is 0 Å². The van der Waals surface area contributed by atoms with Crippen molar-refractivity contribution in [2.45, 2.75) is 19.5 Å². The summed E-state index contributed by atoms with van der Waals surface area (Å²) in [4.78, 5) is 4.95. The van der Waals surface area contributed by atoms with Crippen LogP contribution >= 0.6 is 0 Å². The van der Waals surface area contributed by atoms with Crippen molar-refractivity contribution in [1.82, 2.24) is 15.1 Å². The van der Waals surface area contributed by atoms with E-state index in [1.54, 1.807) is 0 Å². The molecule has 0 amide bonds. The molecule has 1 aliphatic rings. The van der Waals surface area contributed by atoms with Gasteiger partial charge >= 0.3 is 0 Å². The fourth-order valence-electron chi connectivity index (χ4n) is 3.03. The first kappa shape index (κ1) is 16.2. The minimum Gasteiger partial charge on any atom is -0.460 e. The molecule has 4 heteroatoms. The lowest BCUT2D eigenvalue weighted by molar-refractivity contribution is 0.117. The highest BCUT2D eigenvalue weighted by atomic mass is 16.3. The van der Waals surface area contributed by atoms with Crippen molar-refractivity contribution in [3.8, 4) is 11.3 Å². The van der Waals surface area contributed by atoms with Crippen LogP contribution in [0.2, 0.25) is 0 Å². The Morgan fingerprint density at radius 3 is 2.52 bits per heavy atom. The first-order valence-electron chi connectivity index (χ1n) is 8.50. The van der Waals surface area contributed by atoms with Crippen LogP contribution in [0.1, 0.15) is 12.7 Å². The maximum atomic E-state index is 5.93. The van der Waals surface area contributed by atoms with E-state index in [0.29, 0.717) is 6.04 Å². The molecule has 124 valence electrons. The number of nitrogens with zero attached hydrogens (tertiary/aromatic N) is 2. The third kappa shape index (κ3) is 4.44. The fraction of sp³-hybridized carbons (Fsp3) is 0.474. The van der Waals surface area contributed by atoms with E-state index >= 15 is 0 Å². The van der Waals surface area contributed by atoms with Gasteiger partial charge in [0.1, 0.15) is 11.5 Å². The van der Waals surface area contributed by atoms with Crippen molar-refractivity contribution in [1.29, 1.82) is 0 Å². The van der Waals surface area contributed by atoms with E-state index in [0.717, 1.165) is 43.3 Å². The first-order valence-corrected chi connectivity index (χ1v) is 8.50. The summed E-state index contributed by atoms with van der Waals surface area (Å²) in [5.41, 5.74) is 1.13. The van der Waals surface area contributed by atoms with E-state index in [1.165, 1.54) is 13.1 Å². The van der Waals surface area contributed by atoms with E-state index in [2.05, 4.69) is 53.4 Å². The van der Waals surface area contributed by atoms with Crippen molar-refractivity contribution in [3.63, 3.8) is 0 Å². The van der Waals surface area contributed by atoms with Crippen LogP contribution in [-0.2, 0) is 6.54 Å². The molecule has 2 aromatic rings. The van der Waals surface area contributed by atoms with Gasteiger partial charge in [0.25, 0.3) is 0 Å². The predicted octanol–water partition coefficient (Wildman–Crippen LogP) is 2.67. The number of nitrogens with one attached hydrogen (secondary N) is 1. The summed E-state index contributed by atoms with van der Waals surface area (Å²) in [6, 6.07) is 14.9. The van der Waals surface area contributed by atoms with E-state index < -0.39 is 0 Å². The van der Waals surface area contributed by atoms with Gasteiger partial charge in [0.15, 0.2) is 0 Å². The molecule has 4 nitrogen and oxygen atoms in total. The average molecular weight is 313 g/mol. The number of benzene rings is 1. The van der Waals surface area contributed by atoms with Crippen LogP contribution in [0.25, 0.3) is 11.3 Å². The zero-order valence-corrected chi connectivity index (χ0v) is 14.2. The second-order valence-corrected chi connectivity index (χ2v) is 6.45. The number of likely N-dealkylation sites (N-methyl/N-ethyl adjacent to an activating group) is 1. The van der Waals surface area contributed by atoms with Gasteiger partial charge in [-0.3, -0.25) is 4.90 Å². The summed E-state index contributed by atoms with van der Waals surface area (Å²) >= 11 is 0. The highest BCUT2D eigenvalue weighted by Crippen LogP contribution is 2.21. The Kier molecular flexibility index (Phi) is 5.49. The summed E-state index contributed by atoms with van der Waals surface area (Å²) in [6.45, 7) is 8.74. The number of rotatable bonds is 6. The average Bonchev–Trinajstić information content (AvgIpc) is 3.05. The Labute approximate surface area is 139 Å². The van der Waals surface area contributed by atoms with Gasteiger partial charge in [0, 0.05) is 44.3 Å². The van der Waals surface area contributed by atoms with Crippen LogP contribution < -0.4 is 5.32 Å². The molecule has 2 heterocycles. The predicted molar refractivity (Wildman–Crippen MR) is 94.4 cm³/mol. The quantitative estimate of drug-likeness (QED) is 0.888. The lowest BCUT2D eigenvalue weighted by Gasteiger charge is -2.36. The molecule has 1 aromatic carbocycles. The molecular formula is C19H27N3O. The van der Waals surface area contributed by atoms with Gasteiger partial charge in [-0.15, -0.1) is 0 Å². The van der Waals surface area contributed by atoms with Crippen molar-refractivity contribution in [2.24, 2.45) is 0 Å². The monoisotopic (exact) mass is 313 g/mol. The molecule has 1 unspecified atom stereocenters. The van der Waals surface area contributed by atoms with Crippen LogP contribution in [0.3, 0.4) is 0 Å². The summed E-state index contributed by atoms with van der Waals surface area (Å²) in [7, 11) is 2.20. The minimum atomic E-state index is 0.562. The fourth-order valence-corrected chi connectivity index (χ4v) is 3.03. The lowest BCUT2D eigenvalue weighted by atomic mass is 10.2. The maximum Gasteiger partial charge on any atom is 0.134 e. The van der Waals surface area contributed by atoms with Crippen LogP contribution in [0.15, 0.2) is 46.9 Å². The Morgan fingerprint density at radius 2 is 1.78 bits per heavy atom. The van der Waals surface area contributed by atoms with Crippen molar-refractivity contribution in [2.75, 3.05) is 39.8 Å². The molecule has 1 atom stereocenters. The standard InChI is InChI=1S/C19H27N3O/c1-16(22-12-10-21(2)11-13-22)14-20-15-18-8-9-19(23-18)17-6-4-3-5-7-17/h3-9,16,20H,10-15H2,1-2H3. The third-order valence-electron chi connectivity index (χ3n) is 4.62. The van der Waals surface area contributed by atoms with Gasteiger partial charge in [0.2, 0.25) is 0 Å². The van der Waals surface area contributed by atoms with Crippen LogP contribution in [0, 0.1) is 0 Å². The highest BCUT2D eigenvalue weighted by Gasteiger charge is 2.18. The smallest absolute Gasteiger partial charge is 0.134 e. The largest absolute Gasteiger partial charge is 0.460 e. The van der Waals surface area contributed by atoms with E-state index in [4.69, 9.17) is 4.42 Å².